The molecule has 1 aliphatic rings. The second-order valence-corrected chi connectivity index (χ2v) is 8.46. The van der Waals surface area contributed by atoms with E-state index in [0.717, 1.165) is 17.8 Å². The number of aliphatic hydroxyl groups excluding tert-OH is 1. The number of thioether (sulfide) groups is 2. The molecule has 2 atom stereocenters. The van der Waals surface area contributed by atoms with Gasteiger partial charge in [-0.1, -0.05) is 54.2 Å². The maximum absolute atomic E-state index is 14.3. The van der Waals surface area contributed by atoms with E-state index in [1.807, 2.05) is 0 Å². The summed E-state index contributed by atoms with van der Waals surface area (Å²) < 4.78 is 28.7. The van der Waals surface area contributed by atoms with Gasteiger partial charge < -0.3 is 15.1 Å². The van der Waals surface area contributed by atoms with Gasteiger partial charge in [0, 0.05) is 30.0 Å². The maximum atomic E-state index is 14.3. The van der Waals surface area contributed by atoms with Crippen LogP contribution in [0.4, 0.5) is 13.6 Å². The van der Waals surface area contributed by atoms with E-state index in [2.05, 4.69) is 0 Å². The number of hydrogen-bond donors (Lipinski definition) is 2. The van der Waals surface area contributed by atoms with Crippen LogP contribution in [0, 0.1) is 0 Å². The zero-order valence-corrected chi connectivity index (χ0v) is 16.8. The molecule has 0 spiro atoms. The Balaban J connectivity index is 1.87. The van der Waals surface area contributed by atoms with Crippen molar-refractivity contribution in [2.45, 2.75) is 30.9 Å². The van der Waals surface area contributed by atoms with Crippen LogP contribution >= 0.6 is 23.5 Å². The molecule has 1 saturated heterocycles. The number of carboxylic acid groups (broad SMARTS) is 1. The van der Waals surface area contributed by atoms with E-state index < -0.39 is 18.0 Å². The number of carbonyl (C=O) groups is 2. The highest BCUT2D eigenvalue weighted by Gasteiger charge is 2.39. The van der Waals surface area contributed by atoms with Crippen LogP contribution in [0.25, 0.3) is 0 Å². The summed E-state index contributed by atoms with van der Waals surface area (Å²) in [5.41, 5.74) is -0.265. The highest BCUT2D eigenvalue weighted by Crippen LogP contribution is 2.33. The Bertz CT molecular complexity index is 688. The van der Waals surface area contributed by atoms with Crippen molar-refractivity contribution in [2.24, 2.45) is 0 Å². The zero-order valence-electron chi connectivity index (χ0n) is 15.2. The molecule has 0 bridgehead atoms. The van der Waals surface area contributed by atoms with Gasteiger partial charge >= 0.3 is 11.9 Å². The minimum absolute atomic E-state index is 0.115. The first-order valence-corrected chi connectivity index (χ1v) is 11.0. The van der Waals surface area contributed by atoms with E-state index in [9.17, 15) is 23.5 Å². The number of nitrogens with zero attached hydrogens (tertiary/aromatic N) is 1. The van der Waals surface area contributed by atoms with Gasteiger partial charge in [-0.25, -0.2) is 0 Å². The minimum atomic E-state index is -3.42. The predicted molar refractivity (Wildman–Crippen MR) is 108 cm³/mol. The Morgan fingerprint density at radius 3 is 2.75 bits per heavy atom. The SMILES string of the molecule is O=C(O)CCCSCCN1C(=O)SCC1/C=C/C(O)C(F)(F)c1ccccc1. The first kappa shape index (κ1) is 22.7. The van der Waals surface area contributed by atoms with Crippen LogP contribution in [-0.4, -0.2) is 62.3 Å². The molecule has 0 saturated carbocycles. The summed E-state index contributed by atoms with van der Waals surface area (Å²) in [6.07, 6.45) is 1.22. The number of aliphatic hydroxyl groups is 1. The van der Waals surface area contributed by atoms with E-state index in [4.69, 9.17) is 5.11 Å². The van der Waals surface area contributed by atoms with Gasteiger partial charge in [0.1, 0.15) is 6.10 Å². The van der Waals surface area contributed by atoms with E-state index >= 15 is 0 Å². The monoisotopic (exact) mass is 431 g/mol. The quantitative estimate of drug-likeness (QED) is 0.410. The van der Waals surface area contributed by atoms with Crippen molar-refractivity contribution in [1.29, 1.82) is 0 Å². The van der Waals surface area contributed by atoms with Crippen LogP contribution in [-0.2, 0) is 10.7 Å². The molecule has 1 aromatic carbocycles. The van der Waals surface area contributed by atoms with Gasteiger partial charge in [0.05, 0.1) is 6.04 Å². The van der Waals surface area contributed by atoms with Gasteiger partial charge in [-0.3, -0.25) is 9.59 Å². The molecular formula is C19H23F2NO4S2. The molecule has 1 heterocycles. The molecular weight excluding hydrogens is 408 g/mol. The Kier molecular flexibility index (Phi) is 8.78. The highest BCUT2D eigenvalue weighted by atomic mass is 32.2. The summed E-state index contributed by atoms with van der Waals surface area (Å²) in [6.45, 7) is 0.448. The lowest BCUT2D eigenvalue weighted by molar-refractivity contribution is -0.137. The molecule has 9 heteroatoms. The molecule has 1 aliphatic heterocycles. The lowest BCUT2D eigenvalue weighted by atomic mass is 10.0. The number of rotatable bonds is 11. The van der Waals surface area contributed by atoms with Gasteiger partial charge in [-0.2, -0.15) is 20.5 Å². The number of aliphatic carboxylic acids is 1. The lowest BCUT2D eigenvalue weighted by Gasteiger charge is -2.23. The molecule has 0 aliphatic carbocycles. The fourth-order valence-electron chi connectivity index (χ4n) is 2.66. The summed E-state index contributed by atoms with van der Waals surface area (Å²) in [5, 5.41) is 18.4. The van der Waals surface area contributed by atoms with Crippen molar-refractivity contribution in [3.8, 4) is 0 Å². The van der Waals surface area contributed by atoms with Crippen LogP contribution in [0.5, 0.6) is 0 Å². The van der Waals surface area contributed by atoms with Gasteiger partial charge in [-0.05, 0) is 12.2 Å². The molecule has 1 fully saturated rings. The second kappa shape index (κ2) is 10.8. The predicted octanol–water partition coefficient (Wildman–Crippen LogP) is 3.83. The largest absolute Gasteiger partial charge is 0.481 e. The van der Waals surface area contributed by atoms with Crippen molar-refractivity contribution in [3.63, 3.8) is 0 Å². The van der Waals surface area contributed by atoms with Crippen molar-refractivity contribution >= 4 is 34.7 Å². The average molecular weight is 432 g/mol. The average Bonchev–Trinajstić information content (AvgIpc) is 3.02. The number of hydrogen-bond acceptors (Lipinski definition) is 5. The number of benzene rings is 1. The van der Waals surface area contributed by atoms with E-state index in [-0.39, 0.29) is 23.3 Å². The number of alkyl halides is 2. The standard InChI is InChI=1S/C19H23F2NO4S2/c20-19(21,14-5-2-1-3-6-14)16(23)9-8-15-13-28-18(26)22(15)10-12-27-11-4-7-17(24)25/h1-3,5-6,8-9,15-16,23H,4,7,10-13H2,(H,24,25)/b9-8+. The second-order valence-electron chi connectivity index (χ2n) is 6.27. The van der Waals surface area contributed by atoms with Crippen molar-refractivity contribution in [2.75, 3.05) is 23.8 Å². The van der Waals surface area contributed by atoms with Crippen LogP contribution in [0.3, 0.4) is 0 Å². The first-order valence-electron chi connectivity index (χ1n) is 8.85. The molecule has 5 nitrogen and oxygen atoms in total. The van der Waals surface area contributed by atoms with Gasteiger partial charge in [0.2, 0.25) is 0 Å². The minimum Gasteiger partial charge on any atom is -0.481 e. The summed E-state index contributed by atoms with van der Waals surface area (Å²) >= 11 is 2.67. The van der Waals surface area contributed by atoms with Crippen LogP contribution < -0.4 is 0 Å². The molecule has 28 heavy (non-hydrogen) atoms. The zero-order chi connectivity index (χ0) is 20.6. The highest BCUT2D eigenvalue weighted by molar-refractivity contribution is 8.13. The van der Waals surface area contributed by atoms with Crippen molar-refractivity contribution in [1.82, 2.24) is 4.90 Å². The topological polar surface area (TPSA) is 77.8 Å². The van der Waals surface area contributed by atoms with Crippen molar-refractivity contribution < 1.29 is 28.6 Å². The third kappa shape index (κ3) is 6.49. The maximum Gasteiger partial charge on any atom is 0.303 e. The molecule has 0 aromatic heterocycles. The Labute approximate surface area is 171 Å². The molecule has 2 unspecified atom stereocenters. The fraction of sp³-hybridized carbons (Fsp3) is 0.474. The third-order valence-electron chi connectivity index (χ3n) is 4.21. The lowest BCUT2D eigenvalue weighted by Crippen LogP contribution is -2.35. The molecule has 2 rings (SSSR count). The molecule has 0 radical (unpaired) electrons. The smallest absolute Gasteiger partial charge is 0.303 e. The van der Waals surface area contributed by atoms with E-state index in [0.29, 0.717) is 30.2 Å². The number of halogens is 2. The van der Waals surface area contributed by atoms with Gasteiger partial charge in [0.25, 0.3) is 5.24 Å². The van der Waals surface area contributed by atoms with Gasteiger partial charge in [-0.15, -0.1) is 0 Å². The van der Waals surface area contributed by atoms with Crippen molar-refractivity contribution in [3.05, 3.63) is 48.0 Å². The van der Waals surface area contributed by atoms with Gasteiger partial charge in [0.15, 0.2) is 0 Å². The van der Waals surface area contributed by atoms with Crippen LogP contribution in [0.2, 0.25) is 0 Å². The number of carbonyl (C=O) groups excluding carboxylic acids is 1. The van der Waals surface area contributed by atoms with E-state index in [1.54, 1.807) is 22.7 Å². The summed E-state index contributed by atoms with van der Waals surface area (Å²) in [6, 6.07) is 6.78. The molecule has 1 amide bonds. The number of carboxylic acids is 1. The summed E-state index contributed by atoms with van der Waals surface area (Å²) in [5.74, 6) is -2.48. The molecule has 1 aromatic rings. The van der Waals surface area contributed by atoms with Crippen LogP contribution in [0.1, 0.15) is 18.4 Å². The summed E-state index contributed by atoms with van der Waals surface area (Å²) in [4.78, 5) is 24.1. The normalized spacial score (nSPS) is 18.8. The Hall–Kier alpha value is -1.58. The van der Waals surface area contributed by atoms with E-state index in [1.165, 1.54) is 30.3 Å². The molecule has 2 N–H and O–H groups in total. The Morgan fingerprint density at radius 1 is 1.36 bits per heavy atom. The number of amides is 1. The molecule has 154 valence electrons. The van der Waals surface area contributed by atoms with Crippen LogP contribution in [0.15, 0.2) is 42.5 Å². The summed E-state index contributed by atoms with van der Waals surface area (Å²) in [7, 11) is 0. The Morgan fingerprint density at radius 2 is 2.07 bits per heavy atom. The fourth-order valence-corrected chi connectivity index (χ4v) is 4.53. The third-order valence-corrected chi connectivity index (χ3v) is 6.25. The first-order chi connectivity index (χ1) is 13.3.